The Kier molecular flexibility index (Phi) is 6.77. The summed E-state index contributed by atoms with van der Waals surface area (Å²) in [5, 5.41) is 6.69. The van der Waals surface area contributed by atoms with E-state index in [9.17, 15) is 9.59 Å². The molecule has 1 aliphatic rings. The van der Waals surface area contributed by atoms with E-state index in [1.54, 1.807) is 20.2 Å². The van der Waals surface area contributed by atoms with Crippen molar-refractivity contribution in [3.05, 3.63) is 64.7 Å². The summed E-state index contributed by atoms with van der Waals surface area (Å²) < 4.78 is 5.24. The second-order valence-corrected chi connectivity index (χ2v) is 8.01. The van der Waals surface area contributed by atoms with Crippen molar-refractivity contribution in [3.8, 4) is 5.75 Å². The molecule has 1 unspecified atom stereocenters. The summed E-state index contributed by atoms with van der Waals surface area (Å²) in [4.78, 5) is 26.8. The quantitative estimate of drug-likeness (QED) is 0.696. The number of hydrogen-bond donors (Lipinski definition) is 0. The minimum absolute atomic E-state index is 0.0387. The molecule has 158 valence electrons. The lowest BCUT2D eigenvalue weighted by molar-refractivity contribution is -0.142. The van der Waals surface area contributed by atoms with Crippen LogP contribution in [-0.4, -0.2) is 48.1 Å². The average molecular weight is 428 g/mol. The van der Waals surface area contributed by atoms with Gasteiger partial charge in [0, 0.05) is 30.0 Å². The number of methoxy groups -OCH3 is 1. The van der Waals surface area contributed by atoms with Gasteiger partial charge in [0.2, 0.25) is 5.91 Å². The van der Waals surface area contributed by atoms with Crippen LogP contribution in [0.4, 0.5) is 0 Å². The number of halogens is 1. The smallest absolute Gasteiger partial charge is 0.262 e. The van der Waals surface area contributed by atoms with Crippen molar-refractivity contribution >= 4 is 29.1 Å². The molecule has 0 saturated heterocycles. The van der Waals surface area contributed by atoms with Crippen molar-refractivity contribution in [2.75, 3.05) is 20.7 Å². The second kappa shape index (κ2) is 9.30. The van der Waals surface area contributed by atoms with Crippen molar-refractivity contribution < 1.29 is 14.3 Å². The highest BCUT2D eigenvalue weighted by molar-refractivity contribution is 6.34. The van der Waals surface area contributed by atoms with E-state index in [1.807, 2.05) is 56.3 Å². The summed E-state index contributed by atoms with van der Waals surface area (Å²) >= 11 is 6.37. The molecule has 0 spiro atoms. The zero-order chi connectivity index (χ0) is 21.8. The maximum Gasteiger partial charge on any atom is 0.262 e. The van der Waals surface area contributed by atoms with Gasteiger partial charge >= 0.3 is 0 Å². The summed E-state index contributed by atoms with van der Waals surface area (Å²) in [5.74, 6) is 0.235. The van der Waals surface area contributed by atoms with Gasteiger partial charge in [0.05, 0.1) is 18.9 Å². The fraction of sp³-hybridized carbons (Fsp3) is 0.348. The average Bonchev–Trinajstić information content (AvgIpc) is 3.18. The molecule has 7 heteroatoms. The number of carbonyl (C=O) groups excluding carboxylic acids is 2. The predicted molar refractivity (Wildman–Crippen MR) is 118 cm³/mol. The summed E-state index contributed by atoms with van der Waals surface area (Å²) in [6.45, 7) is 3.59. The van der Waals surface area contributed by atoms with Crippen molar-refractivity contribution in [2.24, 2.45) is 11.0 Å². The number of ether oxygens (including phenoxy) is 1. The molecule has 3 rings (SSSR count). The van der Waals surface area contributed by atoms with E-state index >= 15 is 0 Å². The second-order valence-electron chi connectivity index (χ2n) is 7.61. The van der Waals surface area contributed by atoms with E-state index < -0.39 is 0 Å². The number of nitrogens with zero attached hydrogens (tertiary/aromatic N) is 3. The highest BCUT2D eigenvalue weighted by Gasteiger charge is 2.34. The molecular formula is C23H26ClN3O3. The molecule has 0 radical (unpaired) electrons. The highest BCUT2D eigenvalue weighted by Crippen LogP contribution is 2.35. The van der Waals surface area contributed by atoms with E-state index in [2.05, 4.69) is 5.10 Å². The van der Waals surface area contributed by atoms with Gasteiger partial charge in [0.15, 0.2) is 0 Å². The Balaban J connectivity index is 1.91. The normalized spacial score (nSPS) is 15.9. The van der Waals surface area contributed by atoms with E-state index in [0.717, 1.165) is 22.6 Å². The molecule has 2 aromatic carbocycles. The molecular weight excluding hydrogens is 402 g/mol. The molecule has 30 heavy (non-hydrogen) atoms. The topological polar surface area (TPSA) is 62.2 Å². The van der Waals surface area contributed by atoms with Crippen LogP contribution in [0.3, 0.4) is 0 Å². The molecule has 1 atom stereocenters. The van der Waals surface area contributed by atoms with E-state index in [0.29, 0.717) is 11.4 Å². The molecule has 0 bridgehead atoms. The minimum Gasteiger partial charge on any atom is -0.497 e. The first-order valence-electron chi connectivity index (χ1n) is 9.85. The maximum atomic E-state index is 13.1. The Morgan fingerprint density at radius 1 is 1.20 bits per heavy atom. The first-order chi connectivity index (χ1) is 14.3. The molecule has 0 N–H and O–H groups in total. The number of rotatable bonds is 6. The number of hydrazone groups is 1. The SMILES string of the molecule is COc1ccc(C2CC(c3ccccc3Cl)=NN2C(=O)CN(C)C(=O)C(C)C)cc1. The molecule has 2 amide bonds. The van der Waals surface area contributed by atoms with Gasteiger partial charge < -0.3 is 9.64 Å². The van der Waals surface area contributed by atoms with Crippen LogP contribution < -0.4 is 4.74 Å². The zero-order valence-corrected chi connectivity index (χ0v) is 18.4. The van der Waals surface area contributed by atoms with Crippen LogP contribution in [0.15, 0.2) is 53.6 Å². The van der Waals surface area contributed by atoms with Crippen LogP contribution in [0.25, 0.3) is 0 Å². The standard InChI is InChI=1S/C23H26ClN3O3/c1-15(2)23(29)26(3)14-22(28)27-21(16-9-11-17(30-4)12-10-16)13-20(25-27)18-7-5-6-8-19(18)24/h5-12,15,21H,13-14H2,1-4H3. The third kappa shape index (κ3) is 4.65. The van der Waals surface area contributed by atoms with Crippen molar-refractivity contribution in [1.82, 2.24) is 9.91 Å². The third-order valence-corrected chi connectivity index (χ3v) is 5.42. The van der Waals surface area contributed by atoms with Crippen LogP contribution in [-0.2, 0) is 9.59 Å². The monoisotopic (exact) mass is 427 g/mol. The van der Waals surface area contributed by atoms with Gasteiger partial charge in [-0.15, -0.1) is 0 Å². The van der Waals surface area contributed by atoms with Crippen molar-refractivity contribution in [3.63, 3.8) is 0 Å². The van der Waals surface area contributed by atoms with Gasteiger partial charge in [-0.1, -0.05) is 55.8 Å². The van der Waals surface area contributed by atoms with Gasteiger partial charge in [0.25, 0.3) is 5.91 Å². The van der Waals surface area contributed by atoms with Gasteiger partial charge in [-0.25, -0.2) is 5.01 Å². The number of likely N-dealkylation sites (N-methyl/N-ethyl adjacent to an activating group) is 1. The van der Waals surface area contributed by atoms with Crippen LogP contribution in [0.1, 0.15) is 37.4 Å². The summed E-state index contributed by atoms with van der Waals surface area (Å²) in [5.41, 5.74) is 2.49. The predicted octanol–water partition coefficient (Wildman–Crippen LogP) is 4.14. The summed E-state index contributed by atoms with van der Waals surface area (Å²) in [6, 6.07) is 14.8. The molecule has 0 fully saturated rings. The first-order valence-corrected chi connectivity index (χ1v) is 10.2. The lowest BCUT2D eigenvalue weighted by Crippen LogP contribution is -2.40. The third-order valence-electron chi connectivity index (χ3n) is 5.09. The molecule has 2 aromatic rings. The lowest BCUT2D eigenvalue weighted by atomic mass is 9.98. The van der Waals surface area contributed by atoms with Crippen molar-refractivity contribution in [1.29, 1.82) is 0 Å². The molecule has 0 saturated carbocycles. The minimum atomic E-state index is -0.280. The molecule has 1 aliphatic heterocycles. The number of benzene rings is 2. The Morgan fingerprint density at radius 2 is 1.87 bits per heavy atom. The van der Waals surface area contributed by atoms with E-state index in [1.165, 1.54) is 9.91 Å². The Labute approximate surface area is 182 Å². The summed E-state index contributed by atoms with van der Waals surface area (Å²) in [6.07, 6.45) is 0.531. The van der Waals surface area contributed by atoms with Gasteiger partial charge in [0.1, 0.15) is 12.3 Å². The molecule has 6 nitrogen and oxygen atoms in total. The number of carbonyl (C=O) groups is 2. The van der Waals surface area contributed by atoms with Crippen LogP contribution >= 0.6 is 11.6 Å². The first kappa shape index (κ1) is 21.8. The van der Waals surface area contributed by atoms with E-state index in [4.69, 9.17) is 16.3 Å². The highest BCUT2D eigenvalue weighted by atomic mass is 35.5. The van der Waals surface area contributed by atoms with Gasteiger partial charge in [-0.05, 0) is 23.8 Å². The fourth-order valence-electron chi connectivity index (χ4n) is 3.48. The van der Waals surface area contributed by atoms with Gasteiger partial charge in [-0.3, -0.25) is 9.59 Å². The van der Waals surface area contributed by atoms with Crippen LogP contribution in [0.5, 0.6) is 5.75 Å². The zero-order valence-electron chi connectivity index (χ0n) is 17.6. The van der Waals surface area contributed by atoms with Crippen molar-refractivity contribution in [2.45, 2.75) is 26.3 Å². The van der Waals surface area contributed by atoms with E-state index in [-0.39, 0.29) is 30.3 Å². The molecule has 0 aromatic heterocycles. The van der Waals surface area contributed by atoms with Gasteiger partial charge in [-0.2, -0.15) is 5.10 Å². The fourth-order valence-corrected chi connectivity index (χ4v) is 3.72. The lowest BCUT2D eigenvalue weighted by Gasteiger charge is -2.25. The maximum absolute atomic E-state index is 13.1. The van der Waals surface area contributed by atoms with Crippen LogP contribution in [0.2, 0.25) is 5.02 Å². The summed E-state index contributed by atoms with van der Waals surface area (Å²) in [7, 11) is 3.25. The Morgan fingerprint density at radius 3 is 2.47 bits per heavy atom. The number of hydrogen-bond acceptors (Lipinski definition) is 4. The number of amides is 2. The Bertz CT molecular complexity index is 956. The molecule has 0 aliphatic carbocycles. The Hall–Kier alpha value is -2.86. The van der Waals surface area contributed by atoms with Crippen LogP contribution in [0, 0.1) is 5.92 Å². The molecule has 1 heterocycles. The largest absolute Gasteiger partial charge is 0.497 e.